The summed E-state index contributed by atoms with van der Waals surface area (Å²) in [6, 6.07) is 25.1. The maximum absolute atomic E-state index is 13.1. The van der Waals surface area contributed by atoms with Gasteiger partial charge in [-0.25, -0.2) is 0 Å². The smallest absolute Gasteiger partial charge is 0.309 e. The molecule has 1 N–H and O–H groups in total. The van der Waals surface area contributed by atoms with Gasteiger partial charge in [-0.2, -0.15) is 0 Å². The monoisotopic (exact) mass is 509 g/mol. The van der Waals surface area contributed by atoms with Crippen molar-refractivity contribution in [3.63, 3.8) is 0 Å². The van der Waals surface area contributed by atoms with E-state index in [-0.39, 0.29) is 17.8 Å². The van der Waals surface area contributed by atoms with Gasteiger partial charge in [-0.3, -0.25) is 9.59 Å². The Morgan fingerprint density at radius 3 is 2.37 bits per heavy atom. The molecule has 1 heterocycles. The third-order valence-electron chi connectivity index (χ3n) is 7.97. The number of ether oxygens (including phenoxy) is 1. The molecule has 5 nitrogen and oxygen atoms in total. The third-order valence-corrected chi connectivity index (χ3v) is 7.97. The van der Waals surface area contributed by atoms with Crippen molar-refractivity contribution >= 4 is 23.6 Å². The SMILES string of the molecule is CCOC(=O)C1CC[N+](C)(Cc2ccc(NC(=O)C3=Cc4cc(-c5ccccc5)ccc4CC3)cc2)CC1. The number of carbonyl (C=O) groups is 2. The molecule has 0 bridgehead atoms. The van der Waals surface area contributed by atoms with Gasteiger partial charge in [0.05, 0.1) is 32.7 Å². The molecule has 5 rings (SSSR count). The second-order valence-corrected chi connectivity index (χ2v) is 10.9. The van der Waals surface area contributed by atoms with Gasteiger partial charge in [0.15, 0.2) is 0 Å². The van der Waals surface area contributed by atoms with Crippen LogP contribution in [-0.4, -0.2) is 43.1 Å². The number of likely N-dealkylation sites (tertiary alicyclic amines) is 1. The first-order valence-corrected chi connectivity index (χ1v) is 13.7. The highest BCUT2D eigenvalue weighted by molar-refractivity contribution is 6.07. The number of nitrogens with zero attached hydrogens (tertiary/aromatic N) is 1. The Bertz CT molecular complexity index is 1320. The van der Waals surface area contributed by atoms with Crippen LogP contribution in [0.25, 0.3) is 17.2 Å². The number of hydrogen-bond acceptors (Lipinski definition) is 3. The fourth-order valence-corrected chi connectivity index (χ4v) is 5.67. The molecule has 3 aromatic rings. The van der Waals surface area contributed by atoms with Crippen molar-refractivity contribution in [2.45, 2.75) is 39.2 Å². The molecule has 0 unspecified atom stereocenters. The van der Waals surface area contributed by atoms with Gasteiger partial charge in [0, 0.05) is 29.7 Å². The highest BCUT2D eigenvalue weighted by atomic mass is 16.5. The van der Waals surface area contributed by atoms with Crippen LogP contribution in [-0.2, 0) is 27.3 Å². The van der Waals surface area contributed by atoms with Crippen molar-refractivity contribution in [1.82, 2.24) is 0 Å². The van der Waals surface area contributed by atoms with Crippen LogP contribution in [0.1, 0.15) is 42.9 Å². The predicted molar refractivity (Wildman–Crippen MR) is 152 cm³/mol. The number of hydrogen-bond donors (Lipinski definition) is 1. The number of rotatable bonds is 7. The number of anilines is 1. The average molecular weight is 510 g/mol. The van der Waals surface area contributed by atoms with E-state index in [1.54, 1.807) is 0 Å². The van der Waals surface area contributed by atoms with Gasteiger partial charge in [-0.05, 0) is 66.3 Å². The maximum Gasteiger partial charge on any atom is 0.309 e. The molecule has 0 saturated carbocycles. The van der Waals surface area contributed by atoms with Gasteiger partial charge < -0.3 is 14.5 Å². The van der Waals surface area contributed by atoms with Gasteiger partial charge in [0.25, 0.3) is 5.91 Å². The summed E-state index contributed by atoms with van der Waals surface area (Å²) in [6.45, 7) is 5.15. The number of aryl methyl sites for hydroxylation is 1. The van der Waals surface area contributed by atoms with Crippen molar-refractivity contribution in [3.05, 3.63) is 95.1 Å². The molecule has 0 atom stereocenters. The van der Waals surface area contributed by atoms with E-state index < -0.39 is 0 Å². The van der Waals surface area contributed by atoms with Gasteiger partial charge >= 0.3 is 5.97 Å². The molecule has 1 aliphatic heterocycles. The van der Waals surface area contributed by atoms with E-state index in [4.69, 9.17) is 4.74 Å². The van der Waals surface area contributed by atoms with E-state index in [1.165, 1.54) is 22.3 Å². The Labute approximate surface area is 225 Å². The fourth-order valence-electron chi connectivity index (χ4n) is 5.67. The van der Waals surface area contributed by atoms with E-state index in [0.717, 1.165) is 66.6 Å². The molecule has 0 spiro atoms. The number of nitrogens with one attached hydrogen (secondary N) is 1. The molecule has 1 amide bonds. The summed E-state index contributed by atoms with van der Waals surface area (Å²) in [7, 11) is 2.26. The standard InChI is InChI=1S/C33H36N2O3/c1-3-38-33(37)27-17-19-35(2,20-18-27)23-24-9-15-31(16-10-24)34-32(36)29-14-12-26-11-13-28(21-30(26)22-29)25-7-5-4-6-8-25/h4-11,13,15-16,21-22,27H,3,12,14,17-20,23H2,1-2H3/p+1. The highest BCUT2D eigenvalue weighted by Crippen LogP contribution is 2.30. The molecule has 0 radical (unpaired) electrons. The Hall–Kier alpha value is -3.70. The minimum atomic E-state index is -0.0490. The van der Waals surface area contributed by atoms with Crippen LogP contribution in [0.4, 0.5) is 5.69 Å². The van der Waals surface area contributed by atoms with Crippen LogP contribution in [0.15, 0.2) is 78.4 Å². The minimum absolute atomic E-state index is 0.0322. The van der Waals surface area contributed by atoms with Crippen molar-refractivity contribution in [1.29, 1.82) is 0 Å². The Morgan fingerprint density at radius 2 is 1.66 bits per heavy atom. The summed E-state index contributed by atoms with van der Waals surface area (Å²) in [5.74, 6) is -0.0506. The number of fused-ring (bicyclic) bond motifs is 1. The van der Waals surface area contributed by atoms with E-state index in [1.807, 2.05) is 43.3 Å². The zero-order chi connectivity index (χ0) is 26.5. The predicted octanol–water partition coefficient (Wildman–Crippen LogP) is 6.24. The quantitative estimate of drug-likeness (QED) is 0.303. The molecule has 196 valence electrons. The first-order chi connectivity index (χ1) is 18.4. The van der Waals surface area contributed by atoms with Crippen molar-refractivity contribution in [2.24, 2.45) is 5.92 Å². The Morgan fingerprint density at radius 1 is 0.921 bits per heavy atom. The molecule has 5 heteroatoms. The summed E-state index contributed by atoms with van der Waals surface area (Å²) < 4.78 is 6.13. The fraction of sp³-hybridized carbons (Fsp3) is 0.333. The first-order valence-electron chi connectivity index (χ1n) is 13.7. The number of carbonyl (C=O) groups excluding carboxylic acids is 2. The number of amides is 1. The second-order valence-electron chi connectivity index (χ2n) is 10.9. The maximum atomic E-state index is 13.1. The molecule has 38 heavy (non-hydrogen) atoms. The largest absolute Gasteiger partial charge is 0.466 e. The first kappa shape index (κ1) is 25.9. The van der Waals surface area contributed by atoms with Crippen LogP contribution >= 0.6 is 0 Å². The number of esters is 1. The van der Waals surface area contributed by atoms with E-state index in [2.05, 4.69) is 54.8 Å². The van der Waals surface area contributed by atoms with Crippen LogP contribution in [0.2, 0.25) is 0 Å². The van der Waals surface area contributed by atoms with Crippen LogP contribution in [0, 0.1) is 5.92 Å². The molecule has 1 fully saturated rings. The lowest BCUT2D eigenvalue weighted by Gasteiger charge is -2.40. The summed E-state index contributed by atoms with van der Waals surface area (Å²) in [6.07, 6.45) is 5.39. The second kappa shape index (κ2) is 11.4. The van der Waals surface area contributed by atoms with E-state index in [9.17, 15) is 9.59 Å². The number of piperidine rings is 1. The number of benzene rings is 3. The molecule has 1 saturated heterocycles. The summed E-state index contributed by atoms with van der Waals surface area (Å²) in [5, 5.41) is 3.10. The lowest BCUT2D eigenvalue weighted by molar-refractivity contribution is -0.927. The molecule has 3 aromatic carbocycles. The molecular formula is C33H37N2O3+. The zero-order valence-corrected chi connectivity index (χ0v) is 22.4. The Balaban J connectivity index is 1.20. The number of quaternary nitrogens is 1. The van der Waals surface area contributed by atoms with Crippen LogP contribution in [0.5, 0.6) is 0 Å². The van der Waals surface area contributed by atoms with Gasteiger partial charge in [-0.1, -0.05) is 54.6 Å². The average Bonchev–Trinajstić information content (AvgIpc) is 2.94. The lowest BCUT2D eigenvalue weighted by Crippen LogP contribution is -2.50. The van der Waals surface area contributed by atoms with Crippen LogP contribution < -0.4 is 5.32 Å². The topological polar surface area (TPSA) is 55.4 Å². The van der Waals surface area contributed by atoms with E-state index in [0.29, 0.717) is 6.61 Å². The summed E-state index contributed by atoms with van der Waals surface area (Å²) >= 11 is 0. The van der Waals surface area contributed by atoms with Gasteiger partial charge in [-0.15, -0.1) is 0 Å². The lowest BCUT2D eigenvalue weighted by atomic mass is 9.89. The van der Waals surface area contributed by atoms with Crippen molar-refractivity contribution in [3.8, 4) is 11.1 Å². The van der Waals surface area contributed by atoms with Gasteiger partial charge in [0.2, 0.25) is 0 Å². The van der Waals surface area contributed by atoms with Crippen LogP contribution in [0.3, 0.4) is 0 Å². The highest BCUT2D eigenvalue weighted by Gasteiger charge is 2.34. The molecular weight excluding hydrogens is 472 g/mol. The van der Waals surface area contributed by atoms with Gasteiger partial charge in [0.1, 0.15) is 6.54 Å². The van der Waals surface area contributed by atoms with Crippen molar-refractivity contribution < 1.29 is 18.8 Å². The zero-order valence-electron chi connectivity index (χ0n) is 22.4. The summed E-state index contributed by atoms with van der Waals surface area (Å²) in [5.41, 5.74) is 7.62. The van der Waals surface area contributed by atoms with E-state index >= 15 is 0 Å². The molecule has 1 aliphatic carbocycles. The normalized spacial score (nSPS) is 20.7. The Kier molecular flexibility index (Phi) is 7.75. The van der Waals surface area contributed by atoms with Crippen molar-refractivity contribution in [2.75, 3.05) is 32.1 Å². The third kappa shape index (κ3) is 6.05. The molecule has 2 aliphatic rings. The molecule has 0 aromatic heterocycles. The summed E-state index contributed by atoms with van der Waals surface area (Å²) in [4.78, 5) is 25.2. The minimum Gasteiger partial charge on any atom is -0.466 e.